The zero-order chi connectivity index (χ0) is 15.1. The number of unbranched alkanes of at least 4 members (excludes halogenated alkanes) is 1. The van der Waals surface area contributed by atoms with Gasteiger partial charge in [0.15, 0.2) is 0 Å². The van der Waals surface area contributed by atoms with Gasteiger partial charge in [-0.05, 0) is 36.4 Å². The molecule has 0 saturated carbocycles. The van der Waals surface area contributed by atoms with Crippen LogP contribution in [0.2, 0.25) is 0 Å². The normalized spacial score (nSPS) is 12.3. The number of rotatable bonds is 8. The molecule has 1 aromatic carbocycles. The van der Waals surface area contributed by atoms with Crippen molar-refractivity contribution < 1.29 is 4.74 Å². The van der Waals surface area contributed by atoms with E-state index in [1.54, 1.807) is 7.11 Å². The Balaban J connectivity index is 2.26. The third-order valence-corrected chi connectivity index (χ3v) is 3.86. The highest BCUT2D eigenvalue weighted by atomic mass is 16.5. The number of methoxy groups -OCH3 is 1. The Kier molecular flexibility index (Phi) is 5.85. The van der Waals surface area contributed by atoms with Crippen molar-refractivity contribution in [3.63, 3.8) is 0 Å². The van der Waals surface area contributed by atoms with Crippen molar-refractivity contribution in [3.05, 3.63) is 30.5 Å². The lowest BCUT2D eigenvalue weighted by molar-refractivity contribution is 0.415. The second-order valence-corrected chi connectivity index (χ2v) is 5.52. The Labute approximate surface area is 127 Å². The van der Waals surface area contributed by atoms with E-state index in [1.165, 1.54) is 37.5 Å². The zero-order valence-electron chi connectivity index (χ0n) is 13.4. The molecule has 1 aromatic heterocycles. The van der Waals surface area contributed by atoms with E-state index in [0.29, 0.717) is 6.04 Å². The summed E-state index contributed by atoms with van der Waals surface area (Å²) in [7, 11) is 1.70. The van der Waals surface area contributed by atoms with E-state index in [2.05, 4.69) is 36.3 Å². The number of hydrogen-bond acceptors (Lipinski definition) is 3. The van der Waals surface area contributed by atoms with Crippen LogP contribution >= 0.6 is 0 Å². The monoisotopic (exact) mass is 286 g/mol. The van der Waals surface area contributed by atoms with Gasteiger partial charge in [0.2, 0.25) is 0 Å². The van der Waals surface area contributed by atoms with E-state index in [1.807, 2.05) is 18.3 Å². The van der Waals surface area contributed by atoms with E-state index in [9.17, 15) is 0 Å². The largest absolute Gasteiger partial charge is 0.497 e. The van der Waals surface area contributed by atoms with Crippen molar-refractivity contribution in [3.8, 4) is 5.75 Å². The Bertz CT molecular complexity index is 568. The predicted molar refractivity (Wildman–Crippen MR) is 90.1 cm³/mol. The average molecular weight is 286 g/mol. The summed E-state index contributed by atoms with van der Waals surface area (Å²) in [6, 6.07) is 8.68. The standard InChI is InChI=1S/C18H26N2O/c1-4-6-8-15(7-5-2)20-18-17-13-16(21-3)10-9-14(17)11-12-19-18/h9-13,15H,4-8H2,1-3H3,(H,19,20). The molecule has 21 heavy (non-hydrogen) atoms. The van der Waals surface area contributed by atoms with Crippen LogP contribution in [0.25, 0.3) is 10.8 Å². The van der Waals surface area contributed by atoms with Gasteiger partial charge in [0.05, 0.1) is 7.11 Å². The van der Waals surface area contributed by atoms with Gasteiger partial charge in [0.25, 0.3) is 0 Å². The van der Waals surface area contributed by atoms with Crippen molar-refractivity contribution in [2.45, 2.75) is 52.0 Å². The molecule has 0 aliphatic carbocycles. The number of pyridine rings is 1. The highest BCUT2D eigenvalue weighted by Gasteiger charge is 2.10. The molecule has 0 radical (unpaired) electrons. The highest BCUT2D eigenvalue weighted by molar-refractivity contribution is 5.92. The van der Waals surface area contributed by atoms with E-state index >= 15 is 0 Å². The second-order valence-electron chi connectivity index (χ2n) is 5.52. The Morgan fingerprint density at radius 1 is 1.14 bits per heavy atom. The molecule has 0 spiro atoms. The molecule has 1 N–H and O–H groups in total. The van der Waals surface area contributed by atoms with Crippen molar-refractivity contribution in [2.75, 3.05) is 12.4 Å². The molecule has 0 bridgehead atoms. The van der Waals surface area contributed by atoms with Crippen LogP contribution in [-0.2, 0) is 0 Å². The van der Waals surface area contributed by atoms with E-state index in [-0.39, 0.29) is 0 Å². The first-order valence-electron chi connectivity index (χ1n) is 7.97. The summed E-state index contributed by atoms with van der Waals surface area (Å²) in [4.78, 5) is 4.55. The van der Waals surface area contributed by atoms with Crippen LogP contribution in [0.3, 0.4) is 0 Å². The maximum Gasteiger partial charge on any atom is 0.134 e. The van der Waals surface area contributed by atoms with Crippen molar-refractivity contribution in [1.82, 2.24) is 4.98 Å². The minimum Gasteiger partial charge on any atom is -0.497 e. The number of benzene rings is 1. The number of aromatic nitrogens is 1. The molecule has 3 heteroatoms. The molecule has 3 nitrogen and oxygen atoms in total. The molecule has 114 valence electrons. The number of nitrogens with one attached hydrogen (secondary N) is 1. The summed E-state index contributed by atoms with van der Waals surface area (Å²) >= 11 is 0. The summed E-state index contributed by atoms with van der Waals surface area (Å²) in [5.41, 5.74) is 0. The molecule has 2 rings (SSSR count). The van der Waals surface area contributed by atoms with Gasteiger partial charge >= 0.3 is 0 Å². The molecule has 0 saturated heterocycles. The lowest BCUT2D eigenvalue weighted by atomic mass is 10.0. The Morgan fingerprint density at radius 3 is 2.71 bits per heavy atom. The van der Waals surface area contributed by atoms with Gasteiger partial charge in [-0.3, -0.25) is 0 Å². The molecule has 2 aromatic rings. The summed E-state index contributed by atoms with van der Waals surface area (Å²) < 4.78 is 5.34. The van der Waals surface area contributed by atoms with E-state index in [0.717, 1.165) is 17.0 Å². The Hall–Kier alpha value is -1.77. The lowest BCUT2D eigenvalue weighted by Crippen LogP contribution is -2.20. The number of anilines is 1. The average Bonchev–Trinajstić information content (AvgIpc) is 2.52. The summed E-state index contributed by atoms with van der Waals surface area (Å²) in [5, 5.41) is 5.97. The van der Waals surface area contributed by atoms with Gasteiger partial charge in [-0.1, -0.05) is 39.2 Å². The highest BCUT2D eigenvalue weighted by Crippen LogP contribution is 2.27. The van der Waals surface area contributed by atoms with Gasteiger partial charge in [-0.25, -0.2) is 4.98 Å². The summed E-state index contributed by atoms with van der Waals surface area (Å²) in [6.45, 7) is 4.48. The molecule has 0 aliphatic rings. The first-order chi connectivity index (χ1) is 10.3. The SMILES string of the molecule is CCCCC(CCC)Nc1nccc2ccc(OC)cc12. The lowest BCUT2D eigenvalue weighted by Gasteiger charge is -2.19. The van der Waals surface area contributed by atoms with Crippen molar-refractivity contribution in [2.24, 2.45) is 0 Å². The van der Waals surface area contributed by atoms with Gasteiger partial charge in [0.1, 0.15) is 11.6 Å². The maximum atomic E-state index is 5.34. The number of fused-ring (bicyclic) bond motifs is 1. The molecular weight excluding hydrogens is 260 g/mol. The third-order valence-electron chi connectivity index (χ3n) is 3.86. The van der Waals surface area contributed by atoms with Gasteiger partial charge in [-0.15, -0.1) is 0 Å². The Morgan fingerprint density at radius 2 is 2.00 bits per heavy atom. The molecule has 0 amide bonds. The number of hydrogen-bond donors (Lipinski definition) is 1. The summed E-state index contributed by atoms with van der Waals surface area (Å²) in [5.74, 6) is 1.85. The number of nitrogens with zero attached hydrogens (tertiary/aromatic N) is 1. The first-order valence-corrected chi connectivity index (χ1v) is 7.97. The summed E-state index contributed by atoms with van der Waals surface area (Å²) in [6.07, 6.45) is 7.94. The van der Waals surface area contributed by atoms with E-state index in [4.69, 9.17) is 4.74 Å². The van der Waals surface area contributed by atoms with Crippen LogP contribution in [0.15, 0.2) is 30.5 Å². The second kappa shape index (κ2) is 7.87. The van der Waals surface area contributed by atoms with Gasteiger partial charge < -0.3 is 10.1 Å². The van der Waals surface area contributed by atoms with Crippen molar-refractivity contribution >= 4 is 16.6 Å². The molecular formula is C18H26N2O. The van der Waals surface area contributed by atoms with Crippen LogP contribution in [0.5, 0.6) is 5.75 Å². The smallest absolute Gasteiger partial charge is 0.134 e. The molecule has 1 unspecified atom stereocenters. The van der Waals surface area contributed by atoms with E-state index < -0.39 is 0 Å². The van der Waals surface area contributed by atoms with Crippen LogP contribution in [0, 0.1) is 0 Å². The molecule has 0 fully saturated rings. The van der Waals surface area contributed by atoms with Crippen LogP contribution < -0.4 is 10.1 Å². The fraction of sp³-hybridized carbons (Fsp3) is 0.500. The predicted octanol–water partition coefficient (Wildman–Crippen LogP) is 5.01. The number of ether oxygens (including phenoxy) is 1. The maximum absolute atomic E-state index is 5.34. The van der Waals surface area contributed by atoms with Gasteiger partial charge in [-0.2, -0.15) is 0 Å². The van der Waals surface area contributed by atoms with Crippen LogP contribution in [-0.4, -0.2) is 18.1 Å². The fourth-order valence-electron chi connectivity index (χ4n) is 2.67. The molecule has 0 aliphatic heterocycles. The van der Waals surface area contributed by atoms with Crippen LogP contribution in [0.4, 0.5) is 5.82 Å². The molecule has 1 atom stereocenters. The van der Waals surface area contributed by atoms with Gasteiger partial charge in [0, 0.05) is 17.6 Å². The minimum atomic E-state index is 0.499. The first kappa shape index (κ1) is 15.6. The molecule has 1 heterocycles. The van der Waals surface area contributed by atoms with Crippen LogP contribution in [0.1, 0.15) is 46.0 Å². The topological polar surface area (TPSA) is 34.2 Å². The third kappa shape index (κ3) is 4.10. The quantitative estimate of drug-likeness (QED) is 0.740. The van der Waals surface area contributed by atoms with Crippen molar-refractivity contribution in [1.29, 1.82) is 0 Å². The zero-order valence-corrected chi connectivity index (χ0v) is 13.4. The fourth-order valence-corrected chi connectivity index (χ4v) is 2.67. The minimum absolute atomic E-state index is 0.499.